The van der Waals surface area contributed by atoms with Gasteiger partial charge in [-0.1, -0.05) is 18.2 Å². The van der Waals surface area contributed by atoms with Gasteiger partial charge in [-0.15, -0.1) is 11.3 Å². The SMILES string of the molecule is CCOC(=O)C1=C(C)NC2=C(C(=O)C[C@H](c3cccs3)C2)[C@@H]1c1cccc(O)c1. The molecule has 4 rings (SSSR count). The van der Waals surface area contributed by atoms with Gasteiger partial charge in [0.05, 0.1) is 12.2 Å². The van der Waals surface area contributed by atoms with Crippen molar-refractivity contribution < 1.29 is 19.4 Å². The van der Waals surface area contributed by atoms with Crippen molar-refractivity contribution in [1.82, 2.24) is 5.32 Å². The van der Waals surface area contributed by atoms with E-state index in [9.17, 15) is 14.7 Å². The van der Waals surface area contributed by atoms with E-state index in [-0.39, 0.29) is 24.1 Å². The number of phenols is 1. The van der Waals surface area contributed by atoms with E-state index in [4.69, 9.17) is 4.74 Å². The van der Waals surface area contributed by atoms with Crippen molar-refractivity contribution >= 4 is 23.1 Å². The van der Waals surface area contributed by atoms with Gasteiger partial charge in [-0.2, -0.15) is 0 Å². The fraction of sp³-hybridized carbons (Fsp3) is 0.304. The van der Waals surface area contributed by atoms with E-state index in [1.165, 1.54) is 4.88 Å². The molecule has 2 N–H and O–H groups in total. The summed E-state index contributed by atoms with van der Waals surface area (Å²) in [7, 11) is 0. The molecule has 1 aromatic carbocycles. The molecule has 6 heteroatoms. The fourth-order valence-corrected chi connectivity index (χ4v) is 5.11. The third-order valence-corrected chi connectivity index (χ3v) is 6.51. The van der Waals surface area contributed by atoms with Gasteiger partial charge in [0.15, 0.2) is 5.78 Å². The van der Waals surface area contributed by atoms with E-state index in [0.29, 0.717) is 35.2 Å². The number of ketones is 1. The zero-order valence-corrected chi connectivity index (χ0v) is 17.2. The third-order valence-electron chi connectivity index (χ3n) is 5.47. The molecular formula is C23H23NO4S. The Morgan fingerprint density at radius 2 is 2.10 bits per heavy atom. The summed E-state index contributed by atoms with van der Waals surface area (Å²) >= 11 is 1.66. The quantitative estimate of drug-likeness (QED) is 0.733. The average Bonchev–Trinajstić information content (AvgIpc) is 3.21. The maximum Gasteiger partial charge on any atom is 0.336 e. The standard InChI is InChI=1S/C23H23NO4S/c1-3-28-23(27)20-13(2)24-17-11-15(19-8-5-9-29-19)12-18(26)22(17)21(20)14-6-4-7-16(25)10-14/h4-10,15,21,24-25H,3,11-12H2,1-2H3/t15-,21-/m1/s1. The molecule has 0 unspecified atom stereocenters. The molecule has 1 aliphatic carbocycles. The van der Waals surface area contributed by atoms with Crippen LogP contribution in [0.4, 0.5) is 0 Å². The predicted molar refractivity (Wildman–Crippen MR) is 112 cm³/mol. The van der Waals surface area contributed by atoms with Crippen LogP contribution in [0.1, 0.15) is 49.0 Å². The minimum atomic E-state index is -0.547. The third kappa shape index (κ3) is 3.60. The van der Waals surface area contributed by atoms with Crippen molar-refractivity contribution in [3.63, 3.8) is 0 Å². The van der Waals surface area contributed by atoms with Crippen LogP contribution in [0.5, 0.6) is 5.75 Å². The molecule has 0 spiro atoms. The number of aromatic hydroxyl groups is 1. The molecule has 2 atom stereocenters. The number of rotatable bonds is 4. The van der Waals surface area contributed by atoms with Gasteiger partial charge in [0.2, 0.25) is 0 Å². The highest BCUT2D eigenvalue weighted by atomic mass is 32.1. The van der Waals surface area contributed by atoms with Crippen molar-refractivity contribution in [3.05, 3.63) is 74.8 Å². The molecule has 0 amide bonds. The summed E-state index contributed by atoms with van der Waals surface area (Å²) in [6.07, 6.45) is 1.12. The monoisotopic (exact) mass is 409 g/mol. The number of thiophene rings is 1. The van der Waals surface area contributed by atoms with Crippen molar-refractivity contribution in [2.75, 3.05) is 6.61 Å². The molecule has 150 valence electrons. The molecule has 2 aromatic rings. The smallest absolute Gasteiger partial charge is 0.336 e. The molecule has 29 heavy (non-hydrogen) atoms. The van der Waals surface area contributed by atoms with Gasteiger partial charge >= 0.3 is 5.97 Å². The molecule has 0 bridgehead atoms. The molecule has 0 saturated heterocycles. The Bertz CT molecular complexity index is 1020. The van der Waals surface area contributed by atoms with Crippen LogP contribution in [0.25, 0.3) is 0 Å². The summed E-state index contributed by atoms with van der Waals surface area (Å²) in [6.45, 7) is 3.85. The van der Waals surface area contributed by atoms with E-state index in [1.54, 1.807) is 36.5 Å². The van der Waals surface area contributed by atoms with Gasteiger partial charge in [-0.05, 0) is 49.4 Å². The highest BCUT2D eigenvalue weighted by Gasteiger charge is 2.41. The van der Waals surface area contributed by atoms with Gasteiger partial charge in [-0.3, -0.25) is 4.79 Å². The highest BCUT2D eigenvalue weighted by molar-refractivity contribution is 7.10. The van der Waals surface area contributed by atoms with E-state index < -0.39 is 11.9 Å². The number of carbonyl (C=O) groups is 2. The Kier molecular flexibility index (Phi) is 5.28. The van der Waals surface area contributed by atoms with Crippen LogP contribution in [0.2, 0.25) is 0 Å². The number of benzene rings is 1. The predicted octanol–water partition coefficient (Wildman–Crippen LogP) is 4.38. The van der Waals surface area contributed by atoms with Crippen LogP contribution in [-0.2, 0) is 14.3 Å². The fourth-order valence-electron chi connectivity index (χ4n) is 4.28. The summed E-state index contributed by atoms with van der Waals surface area (Å²) in [4.78, 5) is 27.3. The highest BCUT2D eigenvalue weighted by Crippen LogP contribution is 2.46. The molecule has 0 saturated carbocycles. The Morgan fingerprint density at radius 3 is 2.79 bits per heavy atom. The van der Waals surface area contributed by atoms with Gasteiger partial charge in [0.25, 0.3) is 0 Å². The summed E-state index contributed by atoms with van der Waals surface area (Å²) in [5.74, 6) is -0.723. The molecular weight excluding hydrogens is 386 g/mol. The van der Waals surface area contributed by atoms with Crippen LogP contribution in [0.15, 0.2) is 64.3 Å². The first-order chi connectivity index (χ1) is 14.0. The zero-order chi connectivity index (χ0) is 20.5. The molecule has 0 radical (unpaired) electrons. The number of nitrogens with one attached hydrogen (secondary N) is 1. The Morgan fingerprint density at radius 1 is 1.28 bits per heavy atom. The van der Waals surface area contributed by atoms with Crippen LogP contribution in [0, 0.1) is 0 Å². The minimum absolute atomic E-state index is 0.0276. The van der Waals surface area contributed by atoms with Crippen molar-refractivity contribution in [3.8, 4) is 5.75 Å². The number of phenolic OH excluding ortho intramolecular Hbond substituents is 1. The van der Waals surface area contributed by atoms with Gasteiger partial charge in [0, 0.05) is 40.1 Å². The average molecular weight is 410 g/mol. The summed E-state index contributed by atoms with van der Waals surface area (Å²) in [5, 5.41) is 15.4. The van der Waals surface area contributed by atoms with Gasteiger partial charge in [0.1, 0.15) is 5.75 Å². The normalized spacial score (nSPS) is 21.7. The van der Waals surface area contributed by atoms with E-state index >= 15 is 0 Å². The Balaban J connectivity index is 1.82. The second-order valence-electron chi connectivity index (χ2n) is 7.35. The van der Waals surface area contributed by atoms with Crippen LogP contribution >= 0.6 is 11.3 Å². The maximum absolute atomic E-state index is 13.3. The summed E-state index contributed by atoms with van der Waals surface area (Å²) in [6, 6.07) is 10.8. The lowest BCUT2D eigenvalue weighted by Gasteiger charge is -2.36. The van der Waals surface area contributed by atoms with E-state index in [2.05, 4.69) is 11.4 Å². The lowest BCUT2D eigenvalue weighted by atomic mass is 9.72. The van der Waals surface area contributed by atoms with Crippen LogP contribution in [-0.4, -0.2) is 23.5 Å². The first-order valence-electron chi connectivity index (χ1n) is 9.73. The second kappa shape index (κ2) is 7.87. The van der Waals surface area contributed by atoms with Gasteiger partial charge < -0.3 is 15.2 Å². The molecule has 5 nitrogen and oxygen atoms in total. The number of allylic oxidation sites excluding steroid dienone is 3. The topological polar surface area (TPSA) is 75.6 Å². The Labute approximate surface area is 173 Å². The van der Waals surface area contributed by atoms with Crippen LogP contribution < -0.4 is 5.32 Å². The van der Waals surface area contributed by atoms with Crippen molar-refractivity contribution in [1.29, 1.82) is 0 Å². The van der Waals surface area contributed by atoms with Crippen molar-refractivity contribution in [2.45, 2.75) is 38.5 Å². The molecule has 1 aliphatic heterocycles. The van der Waals surface area contributed by atoms with Crippen LogP contribution in [0.3, 0.4) is 0 Å². The minimum Gasteiger partial charge on any atom is -0.508 e. The number of carbonyl (C=O) groups excluding carboxylic acids is 2. The lowest BCUT2D eigenvalue weighted by Crippen LogP contribution is -2.36. The number of hydrogen-bond acceptors (Lipinski definition) is 6. The number of Topliss-reactive ketones (excluding diaryl/α,β-unsaturated/α-hetero) is 1. The maximum atomic E-state index is 13.3. The van der Waals surface area contributed by atoms with Crippen molar-refractivity contribution in [2.24, 2.45) is 0 Å². The van der Waals surface area contributed by atoms with E-state index in [1.807, 2.05) is 24.4 Å². The second-order valence-corrected chi connectivity index (χ2v) is 8.33. The lowest BCUT2D eigenvalue weighted by molar-refractivity contribution is -0.138. The first-order valence-corrected chi connectivity index (χ1v) is 10.6. The molecule has 2 aliphatic rings. The van der Waals surface area contributed by atoms with Gasteiger partial charge in [-0.25, -0.2) is 4.79 Å². The number of hydrogen-bond donors (Lipinski definition) is 2. The number of ether oxygens (including phenoxy) is 1. The number of dihydropyridines is 1. The summed E-state index contributed by atoms with van der Waals surface area (Å²) in [5.41, 5.74) is 3.30. The summed E-state index contributed by atoms with van der Waals surface area (Å²) < 4.78 is 5.30. The number of esters is 1. The molecule has 1 aromatic heterocycles. The largest absolute Gasteiger partial charge is 0.508 e. The van der Waals surface area contributed by atoms with E-state index in [0.717, 1.165) is 5.70 Å². The molecule has 2 heterocycles. The molecule has 0 fully saturated rings. The Hall–Kier alpha value is -2.86. The first kappa shape index (κ1) is 19.5. The zero-order valence-electron chi connectivity index (χ0n) is 16.4.